The molecular formula is C10H18N2O2. The average molecular weight is 198 g/mol. The molecule has 0 bridgehead atoms. The van der Waals surface area contributed by atoms with Crippen LogP contribution in [0.1, 0.15) is 38.9 Å². The van der Waals surface area contributed by atoms with E-state index in [1.165, 1.54) is 0 Å². The monoisotopic (exact) mass is 198 g/mol. The van der Waals surface area contributed by atoms with Gasteiger partial charge < -0.3 is 9.63 Å². The molecule has 1 N–H and O–H groups in total. The molecule has 1 unspecified atom stereocenters. The SMILES string of the molecule is CCC(O)Cc1nc(CC(C)C)no1. The number of aliphatic hydroxyl groups excluding tert-OH is 1. The second kappa shape index (κ2) is 5.10. The Hall–Kier alpha value is -0.900. The summed E-state index contributed by atoms with van der Waals surface area (Å²) in [7, 11) is 0. The van der Waals surface area contributed by atoms with Gasteiger partial charge in [0.05, 0.1) is 12.5 Å². The Morgan fingerprint density at radius 2 is 2.07 bits per heavy atom. The van der Waals surface area contributed by atoms with Crippen LogP contribution in [0, 0.1) is 5.92 Å². The Morgan fingerprint density at radius 3 is 2.64 bits per heavy atom. The Balaban J connectivity index is 2.50. The fraction of sp³-hybridized carbons (Fsp3) is 0.800. The van der Waals surface area contributed by atoms with Crippen LogP contribution in [0.5, 0.6) is 0 Å². The van der Waals surface area contributed by atoms with Crippen molar-refractivity contribution in [3.8, 4) is 0 Å². The average Bonchev–Trinajstić information content (AvgIpc) is 2.51. The lowest BCUT2D eigenvalue weighted by Crippen LogP contribution is -2.08. The van der Waals surface area contributed by atoms with Crippen LogP contribution in [0.25, 0.3) is 0 Å². The van der Waals surface area contributed by atoms with Crippen LogP contribution < -0.4 is 0 Å². The first-order valence-electron chi connectivity index (χ1n) is 5.11. The fourth-order valence-electron chi connectivity index (χ4n) is 1.17. The van der Waals surface area contributed by atoms with Crippen LogP contribution in [0.15, 0.2) is 4.52 Å². The second-order valence-corrected chi connectivity index (χ2v) is 3.97. The molecule has 80 valence electrons. The molecule has 0 amide bonds. The van der Waals surface area contributed by atoms with Crippen molar-refractivity contribution >= 4 is 0 Å². The van der Waals surface area contributed by atoms with Crippen LogP contribution >= 0.6 is 0 Å². The van der Waals surface area contributed by atoms with Gasteiger partial charge >= 0.3 is 0 Å². The van der Waals surface area contributed by atoms with Gasteiger partial charge in [-0.15, -0.1) is 0 Å². The normalized spacial score (nSPS) is 13.5. The number of hydrogen-bond donors (Lipinski definition) is 1. The zero-order valence-corrected chi connectivity index (χ0v) is 9.03. The third-order valence-electron chi connectivity index (χ3n) is 1.98. The van der Waals surface area contributed by atoms with Crippen molar-refractivity contribution in [1.82, 2.24) is 10.1 Å². The summed E-state index contributed by atoms with van der Waals surface area (Å²) in [5.41, 5.74) is 0. The minimum Gasteiger partial charge on any atom is -0.393 e. The molecule has 0 aliphatic carbocycles. The maximum Gasteiger partial charge on any atom is 0.229 e. The maximum atomic E-state index is 9.37. The highest BCUT2D eigenvalue weighted by atomic mass is 16.5. The first-order valence-corrected chi connectivity index (χ1v) is 5.11. The predicted octanol–water partition coefficient (Wildman–Crippen LogP) is 1.58. The molecule has 0 aliphatic heterocycles. The summed E-state index contributed by atoms with van der Waals surface area (Å²) >= 11 is 0. The van der Waals surface area contributed by atoms with E-state index in [1.54, 1.807) is 0 Å². The van der Waals surface area contributed by atoms with Gasteiger partial charge in [0.1, 0.15) is 0 Å². The van der Waals surface area contributed by atoms with Crippen molar-refractivity contribution in [2.45, 2.75) is 46.1 Å². The molecular weight excluding hydrogens is 180 g/mol. The quantitative estimate of drug-likeness (QED) is 0.780. The smallest absolute Gasteiger partial charge is 0.229 e. The number of nitrogens with zero attached hydrogens (tertiary/aromatic N) is 2. The van der Waals surface area contributed by atoms with Crippen molar-refractivity contribution in [2.75, 3.05) is 0 Å². The van der Waals surface area contributed by atoms with Gasteiger partial charge in [-0.2, -0.15) is 4.98 Å². The van der Waals surface area contributed by atoms with Crippen LogP contribution in [-0.4, -0.2) is 21.4 Å². The molecule has 0 spiro atoms. The van der Waals surface area contributed by atoms with Crippen molar-refractivity contribution < 1.29 is 9.63 Å². The molecule has 0 aliphatic rings. The Labute approximate surface area is 84.3 Å². The topological polar surface area (TPSA) is 59.2 Å². The van der Waals surface area contributed by atoms with Gasteiger partial charge in [-0.1, -0.05) is 25.9 Å². The molecule has 1 heterocycles. The third-order valence-corrected chi connectivity index (χ3v) is 1.98. The van der Waals surface area contributed by atoms with Gasteiger partial charge in [0, 0.05) is 6.42 Å². The number of rotatable bonds is 5. The molecule has 0 saturated heterocycles. The van der Waals surface area contributed by atoms with E-state index in [0.29, 0.717) is 24.7 Å². The van der Waals surface area contributed by atoms with Gasteiger partial charge in [0.2, 0.25) is 5.89 Å². The minimum atomic E-state index is -0.373. The van der Waals surface area contributed by atoms with Crippen molar-refractivity contribution in [3.63, 3.8) is 0 Å². The van der Waals surface area contributed by atoms with E-state index in [9.17, 15) is 5.11 Å². The molecule has 14 heavy (non-hydrogen) atoms. The van der Waals surface area contributed by atoms with Gasteiger partial charge in [0.25, 0.3) is 0 Å². The molecule has 1 atom stereocenters. The summed E-state index contributed by atoms with van der Waals surface area (Å²) in [6.07, 6.45) is 1.62. The highest BCUT2D eigenvalue weighted by Gasteiger charge is 2.11. The zero-order chi connectivity index (χ0) is 10.6. The lowest BCUT2D eigenvalue weighted by molar-refractivity contribution is 0.158. The summed E-state index contributed by atoms with van der Waals surface area (Å²) in [4.78, 5) is 4.20. The molecule has 4 nitrogen and oxygen atoms in total. The first-order chi connectivity index (χ1) is 6.61. The van der Waals surface area contributed by atoms with Gasteiger partial charge in [-0.05, 0) is 12.3 Å². The minimum absolute atomic E-state index is 0.373. The van der Waals surface area contributed by atoms with Crippen LogP contribution in [0.3, 0.4) is 0 Å². The zero-order valence-electron chi connectivity index (χ0n) is 9.03. The molecule has 0 radical (unpaired) electrons. The van der Waals surface area contributed by atoms with Gasteiger partial charge in [0.15, 0.2) is 5.82 Å². The van der Waals surface area contributed by atoms with E-state index in [2.05, 4.69) is 24.0 Å². The van der Waals surface area contributed by atoms with Gasteiger partial charge in [-0.3, -0.25) is 0 Å². The predicted molar refractivity (Wildman–Crippen MR) is 52.8 cm³/mol. The lowest BCUT2D eigenvalue weighted by atomic mass is 10.1. The number of aromatic nitrogens is 2. The van der Waals surface area contributed by atoms with E-state index < -0.39 is 0 Å². The molecule has 1 aromatic rings. The summed E-state index contributed by atoms with van der Waals surface area (Å²) in [5.74, 6) is 1.80. The molecule has 0 aromatic carbocycles. The van der Waals surface area contributed by atoms with E-state index in [4.69, 9.17) is 4.52 Å². The van der Waals surface area contributed by atoms with E-state index in [1.807, 2.05) is 6.92 Å². The lowest BCUT2D eigenvalue weighted by Gasteiger charge is -2.01. The van der Waals surface area contributed by atoms with Crippen LogP contribution in [-0.2, 0) is 12.8 Å². The molecule has 0 fully saturated rings. The Kier molecular flexibility index (Phi) is 4.07. The molecule has 1 aromatic heterocycles. The highest BCUT2D eigenvalue weighted by Crippen LogP contribution is 2.07. The van der Waals surface area contributed by atoms with Crippen molar-refractivity contribution in [2.24, 2.45) is 5.92 Å². The van der Waals surface area contributed by atoms with Gasteiger partial charge in [-0.25, -0.2) is 0 Å². The molecule has 4 heteroatoms. The molecule has 1 rings (SSSR count). The first kappa shape index (κ1) is 11.2. The standard InChI is InChI=1S/C10H18N2O2/c1-4-8(13)6-10-11-9(12-14-10)5-7(2)3/h7-8,13H,4-6H2,1-3H3. The summed E-state index contributed by atoms with van der Waals surface area (Å²) < 4.78 is 5.02. The Bertz CT molecular complexity index is 271. The maximum absolute atomic E-state index is 9.37. The Morgan fingerprint density at radius 1 is 1.36 bits per heavy atom. The third kappa shape index (κ3) is 3.46. The summed E-state index contributed by atoms with van der Waals surface area (Å²) in [5, 5.41) is 13.2. The summed E-state index contributed by atoms with van der Waals surface area (Å²) in [6, 6.07) is 0. The summed E-state index contributed by atoms with van der Waals surface area (Å²) in [6.45, 7) is 6.14. The van der Waals surface area contributed by atoms with Crippen molar-refractivity contribution in [3.05, 3.63) is 11.7 Å². The number of hydrogen-bond acceptors (Lipinski definition) is 4. The fourth-order valence-corrected chi connectivity index (χ4v) is 1.17. The van der Waals surface area contributed by atoms with Crippen LogP contribution in [0.2, 0.25) is 0 Å². The highest BCUT2D eigenvalue weighted by molar-refractivity contribution is 4.88. The largest absolute Gasteiger partial charge is 0.393 e. The van der Waals surface area contributed by atoms with Crippen LogP contribution in [0.4, 0.5) is 0 Å². The molecule has 0 saturated carbocycles. The van der Waals surface area contributed by atoms with E-state index in [-0.39, 0.29) is 6.10 Å². The van der Waals surface area contributed by atoms with Crippen molar-refractivity contribution in [1.29, 1.82) is 0 Å². The van der Waals surface area contributed by atoms with E-state index in [0.717, 1.165) is 12.2 Å². The van der Waals surface area contributed by atoms with E-state index >= 15 is 0 Å². The second-order valence-electron chi connectivity index (χ2n) is 3.97. The number of aliphatic hydroxyl groups is 1.